The molecular weight excluding hydrogens is 367 g/mol. The molecule has 2 saturated heterocycles. The highest BCUT2D eigenvalue weighted by Gasteiger charge is 2.29. The molecule has 1 aromatic carbocycles. The molecule has 0 atom stereocenters. The largest absolute Gasteiger partial charge is 0.490 e. The van der Waals surface area contributed by atoms with Crippen molar-refractivity contribution in [1.82, 2.24) is 14.4 Å². The highest BCUT2D eigenvalue weighted by Crippen LogP contribution is 2.31. The van der Waals surface area contributed by atoms with E-state index in [0.29, 0.717) is 11.3 Å². The third-order valence-corrected chi connectivity index (χ3v) is 5.88. The number of rotatable bonds is 6. The zero-order valence-electron chi connectivity index (χ0n) is 16.1. The van der Waals surface area contributed by atoms with Crippen LogP contribution in [0.25, 0.3) is 10.9 Å². The fraction of sp³-hybridized carbons (Fsp3) is 0.619. The second kappa shape index (κ2) is 8.33. The van der Waals surface area contributed by atoms with Crippen LogP contribution in [0.3, 0.4) is 0 Å². The van der Waals surface area contributed by atoms with Crippen LogP contribution < -0.4 is 4.74 Å². The topological polar surface area (TPSA) is 20.6 Å². The zero-order chi connectivity index (χ0) is 19.6. The molecule has 0 unspecified atom stereocenters. The molecule has 0 amide bonds. The lowest BCUT2D eigenvalue weighted by atomic mass is 10.1. The van der Waals surface area contributed by atoms with Crippen molar-refractivity contribution in [1.29, 1.82) is 0 Å². The average Bonchev–Trinajstić information content (AvgIpc) is 3.31. The minimum atomic E-state index is -4.23. The normalized spacial score (nSPS) is 20.2. The zero-order valence-corrected chi connectivity index (χ0v) is 16.1. The lowest BCUT2D eigenvalue weighted by molar-refractivity contribution is -0.139. The van der Waals surface area contributed by atoms with Crippen molar-refractivity contribution in [2.24, 2.45) is 0 Å². The van der Waals surface area contributed by atoms with Gasteiger partial charge in [-0.05, 0) is 57.0 Å². The maximum atomic E-state index is 12.8. The standard InChI is InChI=1S/C21H28F3N3O/c22-21(23,24)16-27-13-8-18-19(27)4-3-5-20(18)28-17-6-11-26(12-7-17)15-14-25-9-1-2-10-25/h3-5,8,13,17H,1-2,6-7,9-12,14-16H2. The number of fused-ring (bicyclic) bond motifs is 1. The van der Waals surface area contributed by atoms with Gasteiger partial charge in [-0.1, -0.05) is 6.07 Å². The highest BCUT2D eigenvalue weighted by molar-refractivity contribution is 5.86. The van der Waals surface area contributed by atoms with Gasteiger partial charge in [-0.25, -0.2) is 0 Å². The van der Waals surface area contributed by atoms with E-state index in [0.717, 1.165) is 44.4 Å². The summed E-state index contributed by atoms with van der Waals surface area (Å²) in [5.41, 5.74) is 0.567. The predicted molar refractivity (Wildman–Crippen MR) is 104 cm³/mol. The van der Waals surface area contributed by atoms with E-state index in [1.54, 1.807) is 18.2 Å². The summed E-state index contributed by atoms with van der Waals surface area (Å²) in [6.07, 6.45) is 1.95. The van der Waals surface area contributed by atoms with Crippen molar-refractivity contribution in [3.05, 3.63) is 30.5 Å². The van der Waals surface area contributed by atoms with Crippen molar-refractivity contribution < 1.29 is 17.9 Å². The van der Waals surface area contributed by atoms with Gasteiger partial charge in [0.2, 0.25) is 0 Å². The molecule has 7 heteroatoms. The molecule has 1 aromatic heterocycles. The van der Waals surface area contributed by atoms with Crippen molar-refractivity contribution in [3.8, 4) is 5.75 Å². The molecule has 4 nitrogen and oxygen atoms in total. The second-order valence-corrected chi connectivity index (χ2v) is 7.96. The van der Waals surface area contributed by atoms with Gasteiger partial charge in [-0.3, -0.25) is 0 Å². The fourth-order valence-electron chi connectivity index (χ4n) is 4.35. The van der Waals surface area contributed by atoms with Gasteiger partial charge < -0.3 is 19.1 Å². The molecule has 0 N–H and O–H groups in total. The SMILES string of the molecule is FC(F)(F)Cn1ccc2c(OC3CCN(CCN4CCCC4)CC3)cccc21. The highest BCUT2D eigenvalue weighted by atomic mass is 19.4. The van der Waals surface area contributed by atoms with E-state index in [2.05, 4.69) is 9.80 Å². The minimum Gasteiger partial charge on any atom is -0.490 e. The van der Waals surface area contributed by atoms with Crippen LogP contribution in [-0.2, 0) is 6.54 Å². The number of piperidine rings is 1. The summed E-state index contributed by atoms with van der Waals surface area (Å²) in [5, 5.41) is 0.753. The molecular formula is C21H28F3N3O. The summed E-state index contributed by atoms with van der Waals surface area (Å²) in [5.74, 6) is 0.689. The summed E-state index contributed by atoms with van der Waals surface area (Å²) in [4.78, 5) is 5.04. The van der Waals surface area contributed by atoms with Gasteiger partial charge in [0.1, 0.15) is 18.4 Å². The summed E-state index contributed by atoms with van der Waals surface area (Å²) in [7, 11) is 0. The van der Waals surface area contributed by atoms with Gasteiger partial charge in [0, 0.05) is 37.8 Å². The molecule has 2 fully saturated rings. The number of nitrogens with zero attached hydrogens (tertiary/aromatic N) is 3. The van der Waals surface area contributed by atoms with Gasteiger partial charge in [0.15, 0.2) is 0 Å². The Bertz CT molecular complexity index is 775. The second-order valence-electron chi connectivity index (χ2n) is 7.96. The number of ether oxygens (including phenoxy) is 1. The molecule has 0 spiro atoms. The Balaban J connectivity index is 1.33. The van der Waals surface area contributed by atoms with Crippen LogP contribution in [0.15, 0.2) is 30.5 Å². The first-order valence-corrected chi connectivity index (χ1v) is 10.2. The lowest BCUT2D eigenvalue weighted by Gasteiger charge is -2.33. The van der Waals surface area contributed by atoms with Crippen LogP contribution in [0.5, 0.6) is 5.75 Å². The third kappa shape index (κ3) is 4.81. The quantitative estimate of drug-likeness (QED) is 0.733. The van der Waals surface area contributed by atoms with E-state index in [-0.39, 0.29) is 6.10 Å². The van der Waals surface area contributed by atoms with Crippen LogP contribution >= 0.6 is 0 Å². The molecule has 2 aliphatic heterocycles. The number of benzene rings is 1. The first-order chi connectivity index (χ1) is 13.5. The monoisotopic (exact) mass is 395 g/mol. The van der Waals surface area contributed by atoms with Gasteiger partial charge in [0.05, 0.1) is 5.52 Å². The Labute approximate surface area is 163 Å². The molecule has 0 aliphatic carbocycles. The molecule has 0 bridgehead atoms. The first kappa shape index (κ1) is 19.6. The van der Waals surface area contributed by atoms with Crippen LogP contribution in [0.4, 0.5) is 13.2 Å². The van der Waals surface area contributed by atoms with Crippen molar-refractivity contribution in [2.75, 3.05) is 39.3 Å². The Morgan fingerprint density at radius 3 is 2.29 bits per heavy atom. The van der Waals surface area contributed by atoms with Crippen LogP contribution in [0.2, 0.25) is 0 Å². The van der Waals surface area contributed by atoms with E-state index in [9.17, 15) is 13.2 Å². The number of likely N-dealkylation sites (tertiary alicyclic amines) is 2. The molecule has 28 heavy (non-hydrogen) atoms. The van der Waals surface area contributed by atoms with Crippen molar-refractivity contribution in [2.45, 2.75) is 44.5 Å². The summed E-state index contributed by atoms with van der Waals surface area (Å²) >= 11 is 0. The van der Waals surface area contributed by atoms with Gasteiger partial charge in [0.25, 0.3) is 0 Å². The van der Waals surface area contributed by atoms with E-state index in [1.165, 1.54) is 36.7 Å². The average molecular weight is 395 g/mol. The number of halogens is 3. The van der Waals surface area contributed by atoms with Gasteiger partial charge in [-0.2, -0.15) is 13.2 Å². The molecule has 3 heterocycles. The molecule has 0 saturated carbocycles. The fourth-order valence-corrected chi connectivity index (χ4v) is 4.35. The van der Waals surface area contributed by atoms with Crippen LogP contribution in [-0.4, -0.2) is 65.9 Å². The number of alkyl halides is 3. The Morgan fingerprint density at radius 2 is 1.61 bits per heavy atom. The number of hydrogen-bond acceptors (Lipinski definition) is 3. The Hall–Kier alpha value is -1.73. The number of aromatic nitrogens is 1. The van der Waals surface area contributed by atoms with E-state index in [4.69, 9.17) is 4.74 Å². The Kier molecular flexibility index (Phi) is 5.83. The van der Waals surface area contributed by atoms with Crippen molar-refractivity contribution in [3.63, 3.8) is 0 Å². The van der Waals surface area contributed by atoms with Gasteiger partial charge >= 0.3 is 6.18 Å². The maximum Gasteiger partial charge on any atom is 0.406 e. The van der Waals surface area contributed by atoms with E-state index < -0.39 is 12.7 Å². The van der Waals surface area contributed by atoms with E-state index >= 15 is 0 Å². The molecule has 0 radical (unpaired) electrons. The van der Waals surface area contributed by atoms with Gasteiger partial charge in [-0.15, -0.1) is 0 Å². The predicted octanol–water partition coefficient (Wildman–Crippen LogP) is 4.14. The molecule has 2 aromatic rings. The molecule has 2 aliphatic rings. The Morgan fingerprint density at radius 1 is 0.929 bits per heavy atom. The summed E-state index contributed by atoms with van der Waals surface area (Å²) in [6, 6.07) is 7.08. The van der Waals surface area contributed by atoms with Crippen LogP contribution in [0.1, 0.15) is 25.7 Å². The third-order valence-electron chi connectivity index (χ3n) is 5.88. The number of hydrogen-bond donors (Lipinski definition) is 0. The molecule has 154 valence electrons. The summed E-state index contributed by atoms with van der Waals surface area (Å²) < 4.78 is 45.7. The first-order valence-electron chi connectivity index (χ1n) is 10.2. The lowest BCUT2D eigenvalue weighted by Crippen LogP contribution is -2.41. The smallest absolute Gasteiger partial charge is 0.406 e. The molecule has 4 rings (SSSR count). The minimum absolute atomic E-state index is 0.125. The maximum absolute atomic E-state index is 12.8. The van der Waals surface area contributed by atoms with Crippen LogP contribution in [0, 0.1) is 0 Å². The van der Waals surface area contributed by atoms with E-state index in [1.807, 2.05) is 6.07 Å². The van der Waals surface area contributed by atoms with Crippen molar-refractivity contribution >= 4 is 10.9 Å². The summed E-state index contributed by atoms with van der Waals surface area (Å²) in [6.45, 7) is 5.79.